The van der Waals surface area contributed by atoms with Gasteiger partial charge < -0.3 is 11.1 Å². The lowest BCUT2D eigenvalue weighted by atomic mass is 10.1. The van der Waals surface area contributed by atoms with Crippen LogP contribution in [0, 0.1) is 12.8 Å². The average molecular weight is 345 g/mol. The van der Waals surface area contributed by atoms with E-state index >= 15 is 0 Å². The van der Waals surface area contributed by atoms with E-state index in [1.807, 2.05) is 37.3 Å². The van der Waals surface area contributed by atoms with Crippen molar-refractivity contribution in [3.63, 3.8) is 0 Å². The number of nitrogens with one attached hydrogen (secondary N) is 1. The maximum absolute atomic E-state index is 12.4. The molecule has 0 spiro atoms. The topological polar surface area (TPSA) is 55.1 Å². The van der Waals surface area contributed by atoms with Gasteiger partial charge in [0.25, 0.3) is 0 Å². The molecule has 0 bridgehead atoms. The molecule has 21 heavy (non-hydrogen) atoms. The summed E-state index contributed by atoms with van der Waals surface area (Å²) in [5.41, 5.74) is 9.51. The number of hydrogen-bond acceptors (Lipinski definition) is 2. The lowest BCUT2D eigenvalue weighted by Crippen LogP contribution is -2.16. The Kier molecular flexibility index (Phi) is 3.72. The van der Waals surface area contributed by atoms with Gasteiger partial charge in [-0.25, -0.2) is 0 Å². The lowest BCUT2D eigenvalue weighted by Gasteiger charge is -2.12. The zero-order valence-electron chi connectivity index (χ0n) is 11.8. The third kappa shape index (κ3) is 2.95. The van der Waals surface area contributed by atoms with E-state index in [0.29, 0.717) is 11.6 Å². The van der Waals surface area contributed by atoms with Gasteiger partial charge in [0.2, 0.25) is 5.91 Å². The molecule has 2 unspecified atom stereocenters. The van der Waals surface area contributed by atoms with E-state index in [1.54, 1.807) is 0 Å². The summed E-state index contributed by atoms with van der Waals surface area (Å²) in [6, 6.07) is 13.9. The highest BCUT2D eigenvalue weighted by molar-refractivity contribution is 9.10. The lowest BCUT2D eigenvalue weighted by molar-refractivity contribution is -0.117. The molecule has 2 aromatic rings. The van der Waals surface area contributed by atoms with Crippen molar-refractivity contribution >= 4 is 33.2 Å². The fourth-order valence-electron chi connectivity index (χ4n) is 2.71. The van der Waals surface area contributed by atoms with Gasteiger partial charge in [0.05, 0.1) is 11.4 Å². The van der Waals surface area contributed by atoms with E-state index in [4.69, 9.17) is 5.73 Å². The number of anilines is 2. The van der Waals surface area contributed by atoms with Crippen LogP contribution >= 0.6 is 15.9 Å². The van der Waals surface area contributed by atoms with Crippen LogP contribution in [0.15, 0.2) is 46.9 Å². The predicted molar refractivity (Wildman–Crippen MR) is 89.2 cm³/mol. The zero-order chi connectivity index (χ0) is 15.0. The Morgan fingerprint density at radius 2 is 2.00 bits per heavy atom. The first-order valence-corrected chi connectivity index (χ1v) is 7.77. The fourth-order valence-corrected chi connectivity index (χ4v) is 3.30. The summed E-state index contributed by atoms with van der Waals surface area (Å²) in [6.45, 7) is 1.94. The van der Waals surface area contributed by atoms with Crippen molar-refractivity contribution in [1.29, 1.82) is 0 Å². The molecule has 3 N–H and O–H groups in total. The van der Waals surface area contributed by atoms with Gasteiger partial charge in [0, 0.05) is 10.4 Å². The number of amides is 1. The van der Waals surface area contributed by atoms with Gasteiger partial charge in [-0.15, -0.1) is 0 Å². The summed E-state index contributed by atoms with van der Waals surface area (Å²) in [5.74, 6) is 0.444. The van der Waals surface area contributed by atoms with Crippen molar-refractivity contribution < 1.29 is 4.79 Å². The van der Waals surface area contributed by atoms with Gasteiger partial charge in [0.1, 0.15) is 0 Å². The predicted octanol–water partition coefficient (Wildman–Crippen LogP) is 4.08. The van der Waals surface area contributed by atoms with Gasteiger partial charge in [-0.1, -0.05) is 46.3 Å². The molecule has 1 amide bonds. The number of nitrogens with two attached hydrogens (primary N) is 1. The highest BCUT2D eigenvalue weighted by Crippen LogP contribution is 2.48. The summed E-state index contributed by atoms with van der Waals surface area (Å²) in [4.78, 5) is 12.4. The number of aryl methyl sites for hydroxylation is 1. The number of rotatable bonds is 3. The summed E-state index contributed by atoms with van der Waals surface area (Å²) in [6.07, 6.45) is 0.908. The van der Waals surface area contributed by atoms with Crippen molar-refractivity contribution in [2.75, 3.05) is 11.1 Å². The Morgan fingerprint density at radius 3 is 2.67 bits per heavy atom. The molecule has 0 saturated heterocycles. The van der Waals surface area contributed by atoms with Crippen molar-refractivity contribution in [2.45, 2.75) is 19.3 Å². The Bertz CT molecular complexity index is 661. The normalized spacial score (nSPS) is 20.1. The second-order valence-electron chi connectivity index (χ2n) is 5.54. The highest BCUT2D eigenvalue weighted by Gasteiger charge is 2.43. The minimum absolute atomic E-state index is 0.0508. The molecule has 1 saturated carbocycles. The molecule has 0 aliphatic heterocycles. The van der Waals surface area contributed by atoms with Gasteiger partial charge in [-0.05, 0) is 42.5 Å². The maximum Gasteiger partial charge on any atom is 0.228 e. The third-order valence-corrected chi connectivity index (χ3v) is 4.39. The molecule has 1 fully saturated rings. The van der Waals surface area contributed by atoms with Crippen LogP contribution in [0.4, 0.5) is 11.4 Å². The van der Waals surface area contributed by atoms with Crippen LogP contribution < -0.4 is 11.1 Å². The maximum atomic E-state index is 12.4. The Balaban J connectivity index is 1.72. The van der Waals surface area contributed by atoms with Gasteiger partial charge in [0.15, 0.2) is 0 Å². The molecule has 0 radical (unpaired) electrons. The van der Waals surface area contributed by atoms with Crippen LogP contribution in [0.2, 0.25) is 0 Å². The summed E-state index contributed by atoms with van der Waals surface area (Å²) < 4.78 is 0.920. The number of carbonyl (C=O) groups is 1. The zero-order valence-corrected chi connectivity index (χ0v) is 13.4. The average Bonchev–Trinajstić information content (AvgIpc) is 3.24. The van der Waals surface area contributed by atoms with Gasteiger partial charge >= 0.3 is 0 Å². The van der Waals surface area contributed by atoms with E-state index in [2.05, 4.69) is 33.4 Å². The quantitative estimate of drug-likeness (QED) is 0.824. The van der Waals surface area contributed by atoms with Crippen LogP contribution in [0.3, 0.4) is 0 Å². The fraction of sp³-hybridized carbons (Fsp3) is 0.235. The molecule has 3 rings (SSSR count). The van der Waals surface area contributed by atoms with Crippen LogP contribution in [-0.2, 0) is 4.79 Å². The minimum atomic E-state index is 0.0508. The van der Waals surface area contributed by atoms with Crippen LogP contribution in [0.1, 0.15) is 23.5 Å². The largest absolute Gasteiger partial charge is 0.397 e. The van der Waals surface area contributed by atoms with E-state index in [9.17, 15) is 4.79 Å². The van der Waals surface area contributed by atoms with E-state index in [0.717, 1.165) is 22.1 Å². The summed E-state index contributed by atoms with van der Waals surface area (Å²) in [5, 5.41) is 2.98. The Morgan fingerprint density at radius 1 is 1.29 bits per heavy atom. The van der Waals surface area contributed by atoms with Gasteiger partial charge in [-0.2, -0.15) is 0 Å². The van der Waals surface area contributed by atoms with Crippen LogP contribution in [0.25, 0.3) is 0 Å². The molecule has 2 aromatic carbocycles. The van der Waals surface area contributed by atoms with E-state index in [-0.39, 0.29) is 11.8 Å². The first-order valence-electron chi connectivity index (χ1n) is 6.97. The monoisotopic (exact) mass is 344 g/mol. The standard InChI is InChI=1S/C17H17BrN2O/c1-10-7-12(18)8-15(19)16(10)20-17(21)14-9-13(14)11-5-3-2-4-6-11/h2-8,13-14H,9,19H2,1H3,(H,20,21). The number of nitrogen functional groups attached to an aromatic ring is 1. The molecule has 2 atom stereocenters. The van der Waals surface area contributed by atoms with E-state index in [1.165, 1.54) is 5.56 Å². The first kappa shape index (κ1) is 14.1. The third-order valence-electron chi connectivity index (χ3n) is 3.93. The summed E-state index contributed by atoms with van der Waals surface area (Å²) >= 11 is 3.40. The molecule has 4 heteroatoms. The molecule has 0 heterocycles. The second kappa shape index (κ2) is 5.53. The van der Waals surface area contributed by atoms with Crippen molar-refractivity contribution in [1.82, 2.24) is 0 Å². The minimum Gasteiger partial charge on any atom is -0.397 e. The molecule has 1 aliphatic rings. The first-order chi connectivity index (χ1) is 10.1. The number of halogens is 1. The number of carbonyl (C=O) groups excluding carboxylic acids is 1. The Labute approximate surface area is 132 Å². The van der Waals surface area contributed by atoms with Crippen molar-refractivity contribution in [3.05, 3.63) is 58.1 Å². The SMILES string of the molecule is Cc1cc(Br)cc(N)c1NC(=O)C1CC1c1ccccc1. The van der Waals surface area contributed by atoms with Crippen LogP contribution in [0.5, 0.6) is 0 Å². The molecule has 3 nitrogen and oxygen atoms in total. The van der Waals surface area contributed by atoms with Gasteiger partial charge in [-0.3, -0.25) is 4.79 Å². The highest BCUT2D eigenvalue weighted by atomic mass is 79.9. The molecule has 0 aromatic heterocycles. The van der Waals surface area contributed by atoms with Crippen molar-refractivity contribution in [3.8, 4) is 0 Å². The molecular formula is C17H17BrN2O. The van der Waals surface area contributed by atoms with Crippen molar-refractivity contribution in [2.24, 2.45) is 5.92 Å². The smallest absolute Gasteiger partial charge is 0.228 e. The second-order valence-corrected chi connectivity index (χ2v) is 6.45. The number of benzene rings is 2. The van der Waals surface area contributed by atoms with E-state index < -0.39 is 0 Å². The molecule has 108 valence electrons. The number of hydrogen-bond donors (Lipinski definition) is 2. The molecule has 1 aliphatic carbocycles. The molecular weight excluding hydrogens is 328 g/mol. The van der Waals surface area contributed by atoms with Crippen LogP contribution in [-0.4, -0.2) is 5.91 Å². The summed E-state index contributed by atoms with van der Waals surface area (Å²) in [7, 11) is 0. The Hall–Kier alpha value is -1.81.